The van der Waals surface area contributed by atoms with Gasteiger partial charge in [-0.25, -0.2) is 4.98 Å². The number of anilines is 1. The summed E-state index contributed by atoms with van der Waals surface area (Å²) in [5, 5.41) is 0.993. The minimum atomic E-state index is 0.415. The highest BCUT2D eigenvalue weighted by atomic mass is 35.5. The number of halogens is 2. The molecule has 0 aliphatic heterocycles. The first-order valence-electron chi connectivity index (χ1n) is 5.26. The summed E-state index contributed by atoms with van der Waals surface area (Å²) in [6.07, 6.45) is 0. The molecule has 5 heteroatoms. The van der Waals surface area contributed by atoms with E-state index in [2.05, 4.69) is 4.98 Å². The summed E-state index contributed by atoms with van der Waals surface area (Å²) in [5.74, 6) is 0.415. The Morgan fingerprint density at radius 3 is 2.50 bits per heavy atom. The van der Waals surface area contributed by atoms with Crippen LogP contribution in [0.2, 0.25) is 10.0 Å². The van der Waals surface area contributed by atoms with Gasteiger partial charge in [0.1, 0.15) is 5.52 Å². The smallest absolute Gasteiger partial charge is 0.229 e. The number of fused-ring (bicyclic) bond motifs is 1. The van der Waals surface area contributed by atoms with E-state index < -0.39 is 0 Å². The maximum Gasteiger partial charge on any atom is 0.229 e. The maximum atomic E-state index is 6.04. The molecule has 90 valence electrons. The normalized spacial score (nSPS) is 11.0. The fourth-order valence-electron chi connectivity index (χ4n) is 1.75. The predicted octanol–water partition coefficient (Wildman–Crippen LogP) is 4.38. The molecule has 0 atom stereocenters. The van der Waals surface area contributed by atoms with Crippen LogP contribution >= 0.6 is 23.2 Å². The van der Waals surface area contributed by atoms with Crippen molar-refractivity contribution >= 4 is 40.0 Å². The summed E-state index contributed by atoms with van der Waals surface area (Å²) in [4.78, 5) is 4.36. The highest BCUT2D eigenvalue weighted by Crippen LogP contribution is 2.34. The third-order valence-electron chi connectivity index (χ3n) is 2.65. The molecule has 2 aromatic carbocycles. The zero-order valence-electron chi connectivity index (χ0n) is 9.15. The Balaban J connectivity index is 2.26. The monoisotopic (exact) mass is 278 g/mol. The molecule has 1 aromatic heterocycles. The predicted molar refractivity (Wildman–Crippen MR) is 73.9 cm³/mol. The average molecular weight is 279 g/mol. The number of hydrogen-bond donors (Lipinski definition) is 1. The van der Waals surface area contributed by atoms with E-state index in [9.17, 15) is 0 Å². The molecule has 0 unspecified atom stereocenters. The topological polar surface area (TPSA) is 52.0 Å². The van der Waals surface area contributed by atoms with Crippen LogP contribution in [0.4, 0.5) is 5.69 Å². The van der Waals surface area contributed by atoms with Gasteiger partial charge in [-0.05, 0) is 24.3 Å². The highest BCUT2D eigenvalue weighted by molar-refractivity contribution is 6.35. The summed E-state index contributed by atoms with van der Waals surface area (Å²) in [6.45, 7) is 0. The number of aromatic nitrogens is 1. The van der Waals surface area contributed by atoms with E-state index in [0.29, 0.717) is 38.3 Å². The number of nitrogens with two attached hydrogens (primary N) is 1. The molecule has 18 heavy (non-hydrogen) atoms. The molecule has 0 radical (unpaired) electrons. The molecule has 3 nitrogen and oxygen atoms in total. The number of benzene rings is 2. The summed E-state index contributed by atoms with van der Waals surface area (Å²) in [6, 6.07) is 10.7. The third kappa shape index (κ3) is 1.72. The molecule has 0 fully saturated rings. The SMILES string of the molecule is Nc1c(Cl)cccc1-c1nc2cccc(Cl)c2o1. The van der Waals surface area contributed by atoms with Crippen molar-refractivity contribution in [3.05, 3.63) is 46.4 Å². The van der Waals surface area contributed by atoms with Gasteiger partial charge in [0.05, 0.1) is 21.3 Å². The molecule has 0 bridgehead atoms. The van der Waals surface area contributed by atoms with E-state index in [0.717, 1.165) is 0 Å². The third-order valence-corrected chi connectivity index (χ3v) is 3.28. The van der Waals surface area contributed by atoms with Crippen LogP contribution in [0.5, 0.6) is 0 Å². The van der Waals surface area contributed by atoms with Crippen molar-refractivity contribution in [3.8, 4) is 11.5 Å². The minimum absolute atomic E-state index is 0.415. The average Bonchev–Trinajstić information content (AvgIpc) is 2.78. The molecule has 3 rings (SSSR count). The van der Waals surface area contributed by atoms with E-state index >= 15 is 0 Å². The standard InChI is InChI=1S/C13H8Cl2N2O/c14-8-4-1-3-7(11(8)16)13-17-10-6-2-5-9(15)12(10)18-13/h1-6H,16H2. The molecular weight excluding hydrogens is 271 g/mol. The first-order valence-corrected chi connectivity index (χ1v) is 6.02. The number of oxazole rings is 1. The van der Waals surface area contributed by atoms with Gasteiger partial charge in [-0.1, -0.05) is 35.3 Å². The van der Waals surface area contributed by atoms with Crippen LogP contribution in [0.3, 0.4) is 0 Å². The van der Waals surface area contributed by atoms with Gasteiger partial charge in [0.2, 0.25) is 5.89 Å². The van der Waals surface area contributed by atoms with Crippen molar-refractivity contribution in [2.75, 3.05) is 5.73 Å². The van der Waals surface area contributed by atoms with E-state index in [1.54, 1.807) is 24.3 Å². The Kier molecular flexibility index (Phi) is 2.65. The van der Waals surface area contributed by atoms with Crippen LogP contribution in [0, 0.1) is 0 Å². The number of para-hydroxylation sites is 2. The Morgan fingerprint density at radius 2 is 1.72 bits per heavy atom. The van der Waals surface area contributed by atoms with Crippen LogP contribution in [0.1, 0.15) is 0 Å². The lowest BCUT2D eigenvalue weighted by molar-refractivity contribution is 0.620. The van der Waals surface area contributed by atoms with Crippen molar-refractivity contribution < 1.29 is 4.42 Å². The van der Waals surface area contributed by atoms with Gasteiger partial charge in [0.25, 0.3) is 0 Å². The molecule has 3 aromatic rings. The second-order valence-corrected chi connectivity index (χ2v) is 4.62. The lowest BCUT2D eigenvalue weighted by Gasteiger charge is -2.02. The van der Waals surface area contributed by atoms with Gasteiger partial charge < -0.3 is 10.2 Å². The molecule has 0 aliphatic carbocycles. The number of nitrogen functional groups attached to an aromatic ring is 1. The summed E-state index contributed by atoms with van der Waals surface area (Å²) < 4.78 is 5.64. The molecule has 0 saturated heterocycles. The van der Waals surface area contributed by atoms with E-state index in [-0.39, 0.29) is 0 Å². The zero-order valence-corrected chi connectivity index (χ0v) is 10.7. The van der Waals surface area contributed by atoms with E-state index in [1.807, 2.05) is 12.1 Å². The Labute approximate surface area is 113 Å². The van der Waals surface area contributed by atoms with Crippen molar-refractivity contribution in [2.24, 2.45) is 0 Å². The molecule has 0 amide bonds. The van der Waals surface area contributed by atoms with E-state index in [4.69, 9.17) is 33.4 Å². The van der Waals surface area contributed by atoms with Crippen LogP contribution in [-0.2, 0) is 0 Å². The maximum absolute atomic E-state index is 6.04. The lowest BCUT2D eigenvalue weighted by atomic mass is 10.2. The van der Waals surface area contributed by atoms with Crippen molar-refractivity contribution in [2.45, 2.75) is 0 Å². The Bertz CT molecular complexity index is 737. The summed E-state index contributed by atoms with van der Waals surface area (Å²) in [7, 11) is 0. The fraction of sp³-hybridized carbons (Fsp3) is 0. The van der Waals surface area contributed by atoms with Gasteiger partial charge in [-0.2, -0.15) is 0 Å². The molecule has 0 saturated carbocycles. The van der Waals surface area contributed by atoms with Crippen molar-refractivity contribution in [3.63, 3.8) is 0 Å². The zero-order chi connectivity index (χ0) is 12.7. The molecular formula is C13H8Cl2N2O. The van der Waals surface area contributed by atoms with Gasteiger partial charge in [-0.3, -0.25) is 0 Å². The van der Waals surface area contributed by atoms with Crippen LogP contribution in [0.25, 0.3) is 22.6 Å². The summed E-state index contributed by atoms with van der Waals surface area (Å²) in [5.41, 5.74) is 8.26. The van der Waals surface area contributed by atoms with E-state index in [1.165, 1.54) is 0 Å². The largest absolute Gasteiger partial charge is 0.434 e. The second kappa shape index (κ2) is 4.19. The fourth-order valence-corrected chi connectivity index (χ4v) is 2.14. The first-order chi connectivity index (χ1) is 8.66. The van der Waals surface area contributed by atoms with Crippen LogP contribution in [0.15, 0.2) is 40.8 Å². The quantitative estimate of drug-likeness (QED) is 0.672. The minimum Gasteiger partial charge on any atom is -0.434 e. The molecule has 2 N–H and O–H groups in total. The van der Waals surface area contributed by atoms with Crippen LogP contribution in [-0.4, -0.2) is 4.98 Å². The van der Waals surface area contributed by atoms with Gasteiger partial charge in [0, 0.05) is 0 Å². The first kappa shape index (κ1) is 11.4. The van der Waals surface area contributed by atoms with Crippen LogP contribution < -0.4 is 5.73 Å². The number of nitrogens with zero attached hydrogens (tertiary/aromatic N) is 1. The van der Waals surface area contributed by atoms with Crippen molar-refractivity contribution in [1.82, 2.24) is 4.98 Å². The van der Waals surface area contributed by atoms with Gasteiger partial charge in [0.15, 0.2) is 5.58 Å². The summed E-state index contributed by atoms with van der Waals surface area (Å²) >= 11 is 12.0. The van der Waals surface area contributed by atoms with Gasteiger partial charge >= 0.3 is 0 Å². The molecule has 0 spiro atoms. The lowest BCUT2D eigenvalue weighted by Crippen LogP contribution is -1.90. The second-order valence-electron chi connectivity index (χ2n) is 3.81. The number of rotatable bonds is 1. The Hall–Kier alpha value is -1.71. The van der Waals surface area contributed by atoms with Gasteiger partial charge in [-0.15, -0.1) is 0 Å². The Morgan fingerprint density at radius 1 is 1.00 bits per heavy atom. The molecule has 1 heterocycles. The highest BCUT2D eigenvalue weighted by Gasteiger charge is 2.13. The van der Waals surface area contributed by atoms with Crippen molar-refractivity contribution in [1.29, 1.82) is 0 Å². The number of hydrogen-bond acceptors (Lipinski definition) is 3. The molecule has 0 aliphatic rings.